The maximum Gasteiger partial charge on any atom is 0.261 e. The van der Waals surface area contributed by atoms with Crippen LogP contribution in [-0.2, 0) is 9.05 Å². The molecule has 4 nitrogen and oxygen atoms in total. The Bertz CT molecular complexity index is 548. The van der Waals surface area contributed by atoms with Crippen LogP contribution in [0, 0.1) is 0 Å². The molecule has 0 bridgehead atoms. The number of carbonyl (C=O) groups is 1. The quantitative estimate of drug-likeness (QED) is 0.873. The number of nitrogens with one attached hydrogen (secondary N) is 1. The molecule has 1 aromatic carbocycles. The van der Waals surface area contributed by atoms with Crippen molar-refractivity contribution in [2.24, 2.45) is 0 Å². The lowest BCUT2D eigenvalue weighted by Gasteiger charge is -2.22. The van der Waals surface area contributed by atoms with Gasteiger partial charge in [0.15, 0.2) is 0 Å². The van der Waals surface area contributed by atoms with Gasteiger partial charge in [-0.25, -0.2) is 8.42 Å². The summed E-state index contributed by atoms with van der Waals surface area (Å²) in [6, 6.07) is 5.88. The molecule has 1 saturated carbocycles. The van der Waals surface area contributed by atoms with Crippen LogP contribution in [0.3, 0.4) is 0 Å². The second-order valence-corrected chi connectivity index (χ2v) is 7.34. The van der Waals surface area contributed by atoms with Gasteiger partial charge in [0, 0.05) is 22.3 Å². The second-order valence-electron chi connectivity index (χ2n) is 4.77. The number of hydrogen-bond acceptors (Lipinski definition) is 3. The number of hydrogen-bond donors (Lipinski definition) is 1. The first-order chi connectivity index (χ1) is 8.97. The van der Waals surface area contributed by atoms with Gasteiger partial charge in [-0.05, 0) is 37.1 Å². The summed E-state index contributed by atoms with van der Waals surface area (Å²) in [5.41, 5.74) is 0.453. The van der Waals surface area contributed by atoms with E-state index in [1.807, 2.05) is 0 Å². The molecule has 0 unspecified atom stereocenters. The molecule has 1 aliphatic carbocycles. The van der Waals surface area contributed by atoms with E-state index in [-0.39, 0.29) is 16.8 Å². The molecular weight excluding hydrogens is 286 g/mol. The summed E-state index contributed by atoms with van der Waals surface area (Å²) in [6.07, 6.45) is 5.55. The molecule has 19 heavy (non-hydrogen) atoms. The monoisotopic (exact) mass is 301 g/mol. The average molecular weight is 302 g/mol. The number of benzene rings is 1. The van der Waals surface area contributed by atoms with Crippen LogP contribution < -0.4 is 5.32 Å². The SMILES string of the molecule is O=C(NC1CCCCC1)c1ccc(S(=O)(=O)Cl)cc1. The van der Waals surface area contributed by atoms with E-state index in [9.17, 15) is 13.2 Å². The molecule has 0 heterocycles. The van der Waals surface area contributed by atoms with Crippen LogP contribution >= 0.6 is 10.7 Å². The Morgan fingerprint density at radius 1 is 1.11 bits per heavy atom. The zero-order valence-corrected chi connectivity index (χ0v) is 12.0. The van der Waals surface area contributed by atoms with E-state index in [1.54, 1.807) is 0 Å². The summed E-state index contributed by atoms with van der Waals surface area (Å²) in [6.45, 7) is 0. The molecule has 2 rings (SSSR count). The normalized spacial score (nSPS) is 17.1. The molecule has 0 aromatic heterocycles. The predicted octanol–water partition coefficient (Wildman–Crippen LogP) is 2.68. The highest BCUT2D eigenvalue weighted by atomic mass is 35.7. The van der Waals surface area contributed by atoms with Crippen molar-refractivity contribution >= 4 is 25.6 Å². The maximum atomic E-state index is 12.0. The van der Waals surface area contributed by atoms with Crippen molar-refractivity contribution in [2.45, 2.75) is 43.0 Å². The third-order valence-electron chi connectivity index (χ3n) is 3.34. The van der Waals surface area contributed by atoms with E-state index in [0.717, 1.165) is 25.7 Å². The lowest BCUT2D eigenvalue weighted by Crippen LogP contribution is -2.36. The van der Waals surface area contributed by atoms with Crippen LogP contribution in [0.2, 0.25) is 0 Å². The Balaban J connectivity index is 2.03. The topological polar surface area (TPSA) is 63.2 Å². The van der Waals surface area contributed by atoms with Crippen molar-refractivity contribution in [3.63, 3.8) is 0 Å². The van der Waals surface area contributed by atoms with Crippen molar-refractivity contribution in [2.75, 3.05) is 0 Å². The number of carbonyl (C=O) groups excluding carboxylic acids is 1. The van der Waals surface area contributed by atoms with Crippen LogP contribution in [0.25, 0.3) is 0 Å². The Labute approximate surface area is 117 Å². The fourth-order valence-corrected chi connectivity index (χ4v) is 3.05. The number of halogens is 1. The summed E-state index contributed by atoms with van der Waals surface area (Å²) < 4.78 is 22.2. The van der Waals surface area contributed by atoms with Crippen molar-refractivity contribution < 1.29 is 13.2 Å². The Morgan fingerprint density at radius 3 is 2.21 bits per heavy atom. The Morgan fingerprint density at radius 2 is 1.68 bits per heavy atom. The van der Waals surface area contributed by atoms with Crippen LogP contribution in [-0.4, -0.2) is 20.4 Å². The van der Waals surface area contributed by atoms with Crippen LogP contribution in [0.4, 0.5) is 0 Å². The molecule has 1 fully saturated rings. The summed E-state index contributed by atoms with van der Waals surface area (Å²) in [7, 11) is 1.49. The first kappa shape index (κ1) is 14.3. The van der Waals surface area contributed by atoms with Crippen molar-refractivity contribution in [1.82, 2.24) is 5.32 Å². The zero-order chi connectivity index (χ0) is 13.9. The lowest BCUT2D eigenvalue weighted by molar-refractivity contribution is 0.0927. The number of rotatable bonds is 3. The molecule has 1 N–H and O–H groups in total. The van der Waals surface area contributed by atoms with Crippen LogP contribution in [0.1, 0.15) is 42.5 Å². The van der Waals surface area contributed by atoms with Crippen LogP contribution in [0.15, 0.2) is 29.2 Å². The van der Waals surface area contributed by atoms with Gasteiger partial charge < -0.3 is 5.32 Å². The first-order valence-corrected chi connectivity index (χ1v) is 8.63. The van der Waals surface area contributed by atoms with Gasteiger partial charge in [0.05, 0.1) is 4.90 Å². The lowest BCUT2D eigenvalue weighted by atomic mass is 9.95. The largest absolute Gasteiger partial charge is 0.349 e. The smallest absolute Gasteiger partial charge is 0.261 e. The molecule has 1 aliphatic rings. The highest BCUT2D eigenvalue weighted by Gasteiger charge is 2.17. The molecule has 0 saturated heterocycles. The van der Waals surface area contributed by atoms with E-state index in [1.165, 1.54) is 30.7 Å². The average Bonchev–Trinajstić information content (AvgIpc) is 2.39. The fourth-order valence-electron chi connectivity index (χ4n) is 2.28. The summed E-state index contributed by atoms with van der Waals surface area (Å²) in [5, 5.41) is 2.97. The minimum atomic E-state index is -3.73. The third kappa shape index (κ3) is 3.94. The molecule has 0 atom stereocenters. The van der Waals surface area contributed by atoms with Crippen molar-refractivity contribution in [3.8, 4) is 0 Å². The van der Waals surface area contributed by atoms with Gasteiger partial charge in [0.25, 0.3) is 15.0 Å². The van der Waals surface area contributed by atoms with Crippen LogP contribution in [0.5, 0.6) is 0 Å². The van der Waals surface area contributed by atoms with E-state index >= 15 is 0 Å². The summed E-state index contributed by atoms with van der Waals surface area (Å²) in [5.74, 6) is -0.162. The molecule has 0 radical (unpaired) electrons. The highest BCUT2D eigenvalue weighted by molar-refractivity contribution is 8.13. The zero-order valence-electron chi connectivity index (χ0n) is 10.4. The molecule has 1 amide bonds. The minimum Gasteiger partial charge on any atom is -0.349 e. The standard InChI is InChI=1S/C13H16ClNO3S/c14-19(17,18)12-8-6-10(7-9-12)13(16)15-11-4-2-1-3-5-11/h6-9,11H,1-5H2,(H,15,16). The first-order valence-electron chi connectivity index (χ1n) is 6.32. The molecule has 1 aromatic rings. The van der Waals surface area contributed by atoms with Crippen molar-refractivity contribution in [1.29, 1.82) is 0 Å². The summed E-state index contributed by atoms with van der Waals surface area (Å²) in [4.78, 5) is 12.0. The van der Waals surface area contributed by atoms with Gasteiger partial charge in [0.2, 0.25) is 0 Å². The van der Waals surface area contributed by atoms with E-state index < -0.39 is 9.05 Å². The highest BCUT2D eigenvalue weighted by Crippen LogP contribution is 2.19. The Kier molecular flexibility index (Phi) is 4.47. The third-order valence-corrected chi connectivity index (χ3v) is 4.71. The van der Waals surface area contributed by atoms with Gasteiger partial charge in [-0.3, -0.25) is 4.79 Å². The Hall–Kier alpha value is -1.07. The van der Waals surface area contributed by atoms with Gasteiger partial charge in [0.1, 0.15) is 0 Å². The van der Waals surface area contributed by atoms with E-state index in [2.05, 4.69) is 5.32 Å². The fraction of sp³-hybridized carbons (Fsp3) is 0.462. The molecule has 0 spiro atoms. The van der Waals surface area contributed by atoms with Crippen molar-refractivity contribution in [3.05, 3.63) is 29.8 Å². The molecule has 104 valence electrons. The molecule has 0 aliphatic heterocycles. The minimum absolute atomic E-state index is 0.00313. The molecular formula is C13H16ClNO3S. The maximum absolute atomic E-state index is 12.0. The number of amides is 1. The van der Waals surface area contributed by atoms with E-state index in [4.69, 9.17) is 10.7 Å². The van der Waals surface area contributed by atoms with Gasteiger partial charge in [-0.15, -0.1) is 0 Å². The van der Waals surface area contributed by atoms with Gasteiger partial charge >= 0.3 is 0 Å². The van der Waals surface area contributed by atoms with E-state index in [0.29, 0.717) is 5.56 Å². The second kappa shape index (κ2) is 5.92. The predicted molar refractivity (Wildman–Crippen MR) is 73.8 cm³/mol. The summed E-state index contributed by atoms with van der Waals surface area (Å²) >= 11 is 0. The molecule has 6 heteroatoms. The van der Waals surface area contributed by atoms with Gasteiger partial charge in [-0.1, -0.05) is 19.3 Å². The van der Waals surface area contributed by atoms with Gasteiger partial charge in [-0.2, -0.15) is 0 Å².